The van der Waals surface area contributed by atoms with Crippen LogP contribution in [-0.2, 0) is 6.42 Å². The van der Waals surface area contributed by atoms with Gasteiger partial charge in [0.05, 0.1) is 6.07 Å². The Bertz CT molecular complexity index is 405. The third kappa shape index (κ3) is 3.46. The number of nitrogens with zero attached hydrogens (tertiary/aromatic N) is 4. The minimum absolute atomic E-state index is 0.0815. The van der Waals surface area contributed by atoms with Crippen molar-refractivity contribution < 1.29 is 4.52 Å². The first kappa shape index (κ1) is 14.5. The van der Waals surface area contributed by atoms with Crippen molar-refractivity contribution in [2.45, 2.75) is 47.0 Å². The second-order valence-electron chi connectivity index (χ2n) is 4.84. The van der Waals surface area contributed by atoms with Crippen molar-refractivity contribution in [3.63, 3.8) is 0 Å². The molecule has 0 aliphatic rings. The van der Waals surface area contributed by atoms with Gasteiger partial charge in [0.1, 0.15) is 0 Å². The average molecular weight is 250 g/mol. The second-order valence-corrected chi connectivity index (χ2v) is 4.84. The van der Waals surface area contributed by atoms with Crippen molar-refractivity contribution in [1.82, 2.24) is 10.1 Å². The molecule has 1 unspecified atom stereocenters. The highest BCUT2D eigenvalue weighted by molar-refractivity contribution is 5.26. The molecule has 0 saturated heterocycles. The van der Waals surface area contributed by atoms with E-state index in [9.17, 15) is 0 Å². The first-order chi connectivity index (χ1) is 8.58. The van der Waals surface area contributed by atoms with Crippen LogP contribution in [0.3, 0.4) is 0 Å². The number of aromatic nitrogens is 2. The highest BCUT2D eigenvalue weighted by Gasteiger charge is 2.26. The van der Waals surface area contributed by atoms with Gasteiger partial charge in [-0.25, -0.2) is 0 Å². The maximum Gasteiger partial charge on any atom is 0.266 e. The summed E-state index contributed by atoms with van der Waals surface area (Å²) in [6.07, 6.45) is 2.08. The molecule has 0 N–H and O–H groups in total. The zero-order valence-electron chi connectivity index (χ0n) is 11.7. The van der Waals surface area contributed by atoms with Gasteiger partial charge in [-0.3, -0.25) is 0 Å². The second kappa shape index (κ2) is 6.39. The fourth-order valence-electron chi connectivity index (χ4n) is 1.82. The summed E-state index contributed by atoms with van der Waals surface area (Å²) in [6.45, 7) is 10.0. The molecule has 18 heavy (non-hydrogen) atoms. The molecule has 5 heteroatoms. The van der Waals surface area contributed by atoms with Gasteiger partial charge in [0.2, 0.25) is 5.89 Å². The normalized spacial score (nSPS) is 13.9. The average Bonchev–Trinajstić information content (AvgIpc) is 2.79. The SMILES string of the molecule is CCN(CC)c1noc(CC(C)(CC)CC#N)n1. The Morgan fingerprint density at radius 2 is 2.00 bits per heavy atom. The smallest absolute Gasteiger partial charge is 0.266 e. The summed E-state index contributed by atoms with van der Waals surface area (Å²) < 4.78 is 5.28. The van der Waals surface area contributed by atoms with Crippen molar-refractivity contribution in [1.29, 1.82) is 5.26 Å². The van der Waals surface area contributed by atoms with Gasteiger partial charge in [0.15, 0.2) is 0 Å². The van der Waals surface area contributed by atoms with E-state index in [-0.39, 0.29) is 5.41 Å². The van der Waals surface area contributed by atoms with Crippen molar-refractivity contribution in [3.8, 4) is 6.07 Å². The lowest BCUT2D eigenvalue weighted by molar-refractivity contribution is 0.266. The lowest BCUT2D eigenvalue weighted by Gasteiger charge is -2.22. The van der Waals surface area contributed by atoms with E-state index >= 15 is 0 Å². The number of nitriles is 1. The van der Waals surface area contributed by atoms with Crippen LogP contribution in [0.4, 0.5) is 5.95 Å². The van der Waals surface area contributed by atoms with E-state index in [1.165, 1.54) is 0 Å². The van der Waals surface area contributed by atoms with Gasteiger partial charge in [0, 0.05) is 25.9 Å². The minimum Gasteiger partial charge on any atom is -0.339 e. The standard InChI is InChI=1S/C13H22N4O/c1-5-13(4,8-9-14)10-11-15-12(16-18-11)17(6-2)7-3/h5-8,10H2,1-4H3. The molecular weight excluding hydrogens is 228 g/mol. The molecule has 0 saturated carbocycles. The van der Waals surface area contributed by atoms with Gasteiger partial charge in [-0.2, -0.15) is 10.2 Å². The summed E-state index contributed by atoms with van der Waals surface area (Å²) in [5.41, 5.74) is -0.0815. The molecule has 5 nitrogen and oxygen atoms in total. The maximum absolute atomic E-state index is 8.86. The van der Waals surface area contributed by atoms with Crippen molar-refractivity contribution in [3.05, 3.63) is 5.89 Å². The van der Waals surface area contributed by atoms with Crippen molar-refractivity contribution >= 4 is 5.95 Å². The van der Waals surface area contributed by atoms with E-state index in [1.807, 2.05) is 4.90 Å². The predicted octanol–water partition coefficient (Wildman–Crippen LogP) is 2.79. The van der Waals surface area contributed by atoms with E-state index in [0.717, 1.165) is 19.5 Å². The molecule has 1 rings (SSSR count). The van der Waals surface area contributed by atoms with Crippen molar-refractivity contribution in [2.75, 3.05) is 18.0 Å². The van der Waals surface area contributed by atoms with Gasteiger partial charge >= 0.3 is 0 Å². The first-order valence-corrected chi connectivity index (χ1v) is 6.53. The van der Waals surface area contributed by atoms with Crippen LogP contribution < -0.4 is 4.90 Å². The third-order valence-electron chi connectivity index (χ3n) is 3.44. The largest absolute Gasteiger partial charge is 0.339 e. The summed E-state index contributed by atoms with van der Waals surface area (Å²) in [5.74, 6) is 1.27. The van der Waals surface area contributed by atoms with E-state index in [0.29, 0.717) is 24.7 Å². The fourth-order valence-corrected chi connectivity index (χ4v) is 1.82. The van der Waals surface area contributed by atoms with E-state index in [2.05, 4.69) is 43.9 Å². The zero-order chi connectivity index (χ0) is 13.6. The molecule has 1 aromatic rings. The van der Waals surface area contributed by atoms with Crippen LogP contribution in [0.2, 0.25) is 0 Å². The van der Waals surface area contributed by atoms with Gasteiger partial charge < -0.3 is 9.42 Å². The summed E-state index contributed by atoms with van der Waals surface area (Å²) in [5, 5.41) is 12.8. The number of hydrogen-bond acceptors (Lipinski definition) is 5. The Morgan fingerprint density at radius 1 is 1.33 bits per heavy atom. The number of rotatable bonds is 7. The third-order valence-corrected chi connectivity index (χ3v) is 3.44. The van der Waals surface area contributed by atoms with Gasteiger partial charge in [0.25, 0.3) is 5.95 Å². The predicted molar refractivity (Wildman–Crippen MR) is 70.2 cm³/mol. The molecule has 0 bridgehead atoms. The summed E-state index contributed by atoms with van der Waals surface area (Å²) in [7, 11) is 0. The molecule has 0 fully saturated rings. The van der Waals surface area contributed by atoms with Gasteiger partial charge in [-0.1, -0.05) is 13.8 Å². The van der Waals surface area contributed by atoms with Crippen LogP contribution in [0.5, 0.6) is 0 Å². The van der Waals surface area contributed by atoms with Crippen LogP contribution in [0.15, 0.2) is 4.52 Å². The highest BCUT2D eigenvalue weighted by Crippen LogP contribution is 2.29. The number of anilines is 1. The monoisotopic (exact) mass is 250 g/mol. The van der Waals surface area contributed by atoms with Gasteiger partial charge in [-0.15, -0.1) is 0 Å². The molecule has 0 aliphatic heterocycles. The Hall–Kier alpha value is -1.57. The quantitative estimate of drug-likeness (QED) is 0.744. The van der Waals surface area contributed by atoms with Crippen LogP contribution in [0.25, 0.3) is 0 Å². The lowest BCUT2D eigenvalue weighted by Crippen LogP contribution is -2.23. The topological polar surface area (TPSA) is 66.0 Å². The fraction of sp³-hybridized carbons (Fsp3) is 0.769. The summed E-state index contributed by atoms with van der Waals surface area (Å²) in [4.78, 5) is 6.45. The Kier molecular flexibility index (Phi) is 5.14. The molecule has 0 aromatic carbocycles. The Morgan fingerprint density at radius 3 is 2.50 bits per heavy atom. The summed E-state index contributed by atoms with van der Waals surface area (Å²) in [6, 6.07) is 2.23. The van der Waals surface area contributed by atoms with E-state index < -0.39 is 0 Å². The van der Waals surface area contributed by atoms with Crippen molar-refractivity contribution in [2.24, 2.45) is 5.41 Å². The lowest BCUT2D eigenvalue weighted by atomic mass is 9.81. The molecule has 1 aromatic heterocycles. The zero-order valence-corrected chi connectivity index (χ0v) is 11.7. The number of hydrogen-bond donors (Lipinski definition) is 0. The molecular formula is C13H22N4O. The van der Waals surface area contributed by atoms with E-state index in [1.54, 1.807) is 0 Å². The minimum atomic E-state index is -0.0815. The molecule has 0 aliphatic carbocycles. The van der Waals surface area contributed by atoms with Crippen LogP contribution >= 0.6 is 0 Å². The molecule has 100 valence electrons. The molecule has 0 spiro atoms. The Labute approximate surface area is 109 Å². The molecule has 0 radical (unpaired) electrons. The van der Waals surface area contributed by atoms with E-state index in [4.69, 9.17) is 9.78 Å². The molecule has 1 heterocycles. The Balaban J connectivity index is 2.77. The molecule has 0 amide bonds. The summed E-state index contributed by atoms with van der Waals surface area (Å²) >= 11 is 0. The van der Waals surface area contributed by atoms with Crippen LogP contribution in [0.1, 0.15) is 46.4 Å². The molecule has 1 atom stereocenters. The highest BCUT2D eigenvalue weighted by atomic mass is 16.5. The van der Waals surface area contributed by atoms with Crippen LogP contribution in [0, 0.1) is 16.7 Å². The van der Waals surface area contributed by atoms with Crippen LogP contribution in [-0.4, -0.2) is 23.2 Å². The van der Waals surface area contributed by atoms with Gasteiger partial charge in [-0.05, 0) is 30.8 Å². The maximum atomic E-state index is 8.86. The first-order valence-electron chi connectivity index (χ1n) is 6.53.